The van der Waals surface area contributed by atoms with Crippen LogP contribution in [-0.2, 0) is 42.8 Å². The molecule has 98 heavy (non-hydrogen) atoms. The van der Waals surface area contributed by atoms with E-state index in [4.69, 9.17) is 28.4 Å². The molecule has 0 aliphatic carbocycles. The van der Waals surface area contributed by atoms with E-state index in [9.17, 15) is 75.7 Å². The molecule has 3 aliphatic heterocycles. The van der Waals surface area contributed by atoms with Crippen LogP contribution in [0, 0.1) is 0 Å². The molecule has 0 bridgehead atoms. The minimum Gasteiger partial charge on any atom is -0.477 e. The quantitative estimate of drug-likeness (QED) is 0.0252. The van der Waals surface area contributed by atoms with Crippen LogP contribution < -0.4 is 10.6 Å². The Bertz CT molecular complexity index is 1970. The van der Waals surface area contributed by atoms with E-state index in [1.165, 1.54) is 225 Å². The Labute approximate surface area is 589 Å². The lowest BCUT2D eigenvalue weighted by Gasteiger charge is -2.50. The number of aliphatic carboxylic acids is 1. The van der Waals surface area contributed by atoms with Gasteiger partial charge in [0.05, 0.1) is 50.7 Å². The first-order valence-electron chi connectivity index (χ1n) is 39.4. The van der Waals surface area contributed by atoms with Crippen LogP contribution in [0.1, 0.15) is 323 Å². The van der Waals surface area contributed by atoms with Gasteiger partial charge >= 0.3 is 5.97 Å². The molecule has 3 fully saturated rings. The van der Waals surface area contributed by atoms with Crippen LogP contribution >= 0.6 is 0 Å². The topological polar surface area (TPSA) is 373 Å². The van der Waals surface area contributed by atoms with Gasteiger partial charge in [0.1, 0.15) is 67.1 Å². The maximum absolute atomic E-state index is 13.5. The zero-order valence-corrected chi connectivity index (χ0v) is 60.9. The summed E-state index contributed by atoms with van der Waals surface area (Å²) in [4.78, 5) is 38.6. The van der Waals surface area contributed by atoms with Crippen LogP contribution in [-0.4, -0.2) is 215 Å². The van der Waals surface area contributed by atoms with Gasteiger partial charge in [0, 0.05) is 19.8 Å². The number of hydrogen-bond acceptors (Lipinski definition) is 20. The van der Waals surface area contributed by atoms with E-state index < -0.39 is 148 Å². The second-order valence-electron chi connectivity index (χ2n) is 28.9. The van der Waals surface area contributed by atoms with Crippen LogP contribution in [0.3, 0.4) is 0 Å². The number of hydrogen-bond donors (Lipinski definition) is 14. The summed E-state index contributed by atoms with van der Waals surface area (Å²) in [6.07, 6.45) is 26.9. The molecule has 18 atom stereocenters. The van der Waals surface area contributed by atoms with Gasteiger partial charge in [-0.15, -0.1) is 0 Å². The Hall–Kier alpha value is -2.27. The summed E-state index contributed by atoms with van der Waals surface area (Å²) < 4.78 is 34.9. The molecule has 3 rings (SSSR count). The second-order valence-corrected chi connectivity index (χ2v) is 28.9. The van der Waals surface area contributed by atoms with E-state index in [1.54, 1.807) is 0 Å². The van der Waals surface area contributed by atoms with Crippen LogP contribution in [0.15, 0.2) is 0 Å². The van der Waals surface area contributed by atoms with Gasteiger partial charge in [-0.3, -0.25) is 9.59 Å². The maximum atomic E-state index is 13.5. The third-order valence-corrected chi connectivity index (χ3v) is 20.3. The number of amides is 2. The normalized spacial score (nSPS) is 27.2. The van der Waals surface area contributed by atoms with Crippen molar-refractivity contribution in [2.75, 3.05) is 26.4 Å². The zero-order chi connectivity index (χ0) is 71.8. The number of carboxylic acids is 1. The smallest absolute Gasteiger partial charge is 0.364 e. The average Bonchev–Trinajstić information content (AvgIpc) is 0.757. The summed E-state index contributed by atoms with van der Waals surface area (Å²) in [6.45, 7) is 2.24. The van der Waals surface area contributed by atoms with Gasteiger partial charge in [-0.05, 0) is 12.8 Å². The predicted octanol–water partition coefficient (Wildman–Crippen LogP) is 9.63. The molecule has 2 amide bonds. The van der Waals surface area contributed by atoms with Crippen molar-refractivity contribution in [2.24, 2.45) is 0 Å². The van der Waals surface area contributed by atoms with Crippen molar-refractivity contribution in [3.8, 4) is 0 Å². The second kappa shape index (κ2) is 55.3. The van der Waals surface area contributed by atoms with Gasteiger partial charge in [0.15, 0.2) is 12.6 Å². The number of carbonyl (C=O) groups is 3. The van der Waals surface area contributed by atoms with Crippen LogP contribution in [0.5, 0.6) is 0 Å². The molecule has 14 N–H and O–H groups in total. The number of carbonyl (C=O) groups excluding carboxylic acids is 2. The summed E-state index contributed by atoms with van der Waals surface area (Å²) in [5.41, 5.74) is 0. The Morgan fingerprint density at radius 1 is 0.490 bits per heavy atom. The molecule has 0 spiro atoms. The number of ether oxygens (including phenoxy) is 6. The third kappa shape index (κ3) is 36.0. The lowest BCUT2D eigenvalue weighted by molar-refractivity contribution is -0.386. The minimum atomic E-state index is -3.08. The molecule has 0 saturated carbocycles. The minimum absolute atomic E-state index is 0.230. The molecule has 3 saturated heterocycles. The molecule has 23 heteroatoms. The molecular formula is C75H142N2O21. The first-order valence-corrected chi connectivity index (χ1v) is 39.4. The van der Waals surface area contributed by atoms with Crippen LogP contribution in [0.4, 0.5) is 0 Å². The number of nitrogens with one attached hydrogen (secondary N) is 2. The Morgan fingerprint density at radius 2 is 0.888 bits per heavy atom. The van der Waals surface area contributed by atoms with Gasteiger partial charge in [-0.2, -0.15) is 0 Å². The molecular weight excluding hydrogens is 1260 g/mol. The summed E-state index contributed by atoms with van der Waals surface area (Å²) in [6, 6.07) is -2.52. The van der Waals surface area contributed by atoms with Crippen molar-refractivity contribution < 1.29 is 104 Å². The molecule has 0 aromatic carbocycles. The number of carboxylic acid groups (broad SMARTS) is 1. The molecule has 23 nitrogen and oxygen atoms in total. The highest BCUT2D eigenvalue weighted by Crippen LogP contribution is 2.39. The van der Waals surface area contributed by atoms with Crippen molar-refractivity contribution in [2.45, 2.75) is 432 Å². The van der Waals surface area contributed by atoms with Crippen molar-refractivity contribution >= 4 is 17.8 Å². The Balaban J connectivity index is 1.47. The molecule has 0 radical (unpaired) electrons. The van der Waals surface area contributed by atoms with Crippen molar-refractivity contribution in [1.82, 2.24) is 10.6 Å². The van der Waals surface area contributed by atoms with Gasteiger partial charge < -0.3 is 100 Å². The fraction of sp³-hybridized carbons (Fsp3) is 0.960. The van der Waals surface area contributed by atoms with Crippen LogP contribution in [0.2, 0.25) is 0 Å². The zero-order valence-electron chi connectivity index (χ0n) is 60.9. The van der Waals surface area contributed by atoms with Gasteiger partial charge in [0.2, 0.25) is 11.8 Å². The van der Waals surface area contributed by atoms with Gasteiger partial charge in [0.25, 0.3) is 5.79 Å². The van der Waals surface area contributed by atoms with E-state index in [0.717, 1.165) is 51.9 Å². The summed E-state index contributed by atoms with van der Waals surface area (Å²) in [7, 11) is 0. The fourth-order valence-corrected chi connectivity index (χ4v) is 14.1. The standard InChI is InChI=1S/C75H142N2O21/c1-4-6-8-10-12-14-16-18-20-21-22-23-24-25-26-27-28-29-30-31-32-33-34-35-37-39-41-43-45-47-49-62(85)77-56(57(82)48-46-44-42-40-38-36-19-17-15-13-11-9-7-5-2)54-93-72-67(89)66(88)69(61(53-80)95-72)96-73-68(90)71(65(87)60(52-79)94-73)98-75(74(91)92)50-58(83)63(76-55(3)81)70(97-75)64(86)59(84)51-78/h56-61,63-73,78-80,82-84,86-90H,4-54H2,1-3H3,(H,76,81)(H,77,85)(H,91,92). The Morgan fingerprint density at radius 3 is 1.28 bits per heavy atom. The van der Waals surface area contributed by atoms with Gasteiger partial charge in [-0.1, -0.05) is 290 Å². The van der Waals surface area contributed by atoms with Crippen molar-refractivity contribution in [1.29, 1.82) is 0 Å². The molecule has 0 aromatic heterocycles. The van der Waals surface area contributed by atoms with Crippen molar-refractivity contribution in [3.63, 3.8) is 0 Å². The number of aliphatic hydroxyl groups is 11. The Kier molecular flexibility index (Phi) is 50.7. The SMILES string of the molecule is CCCCCCCCCCCCCCCCCCCCCCCCCCCCCCCCC(=O)NC(COC1OC(CO)C(OC2OC(CO)C(O)C(OC3(C(=O)O)CC(O)C(NC(C)=O)C(C(O)C(O)CO)O3)C2O)C(O)C1O)C(O)CCCCCCCCCCCCCCCC. The monoisotopic (exact) mass is 1410 g/mol. The average molecular weight is 1410 g/mol. The predicted molar refractivity (Wildman–Crippen MR) is 375 cm³/mol. The highest BCUT2D eigenvalue weighted by atomic mass is 16.8. The first-order chi connectivity index (χ1) is 47.4. The molecule has 0 aromatic rings. The highest BCUT2D eigenvalue weighted by Gasteiger charge is 2.60. The highest BCUT2D eigenvalue weighted by molar-refractivity contribution is 5.77. The molecule has 3 heterocycles. The van der Waals surface area contributed by atoms with Crippen LogP contribution in [0.25, 0.3) is 0 Å². The first kappa shape index (κ1) is 89.9. The number of rotatable bonds is 62. The largest absolute Gasteiger partial charge is 0.477 e. The van der Waals surface area contributed by atoms with Crippen molar-refractivity contribution in [3.05, 3.63) is 0 Å². The third-order valence-electron chi connectivity index (χ3n) is 20.3. The van der Waals surface area contributed by atoms with Gasteiger partial charge in [-0.25, -0.2) is 4.79 Å². The molecule has 18 unspecified atom stereocenters. The number of unbranched alkanes of at least 4 members (excludes halogenated alkanes) is 42. The van der Waals surface area contributed by atoms with E-state index in [-0.39, 0.29) is 18.9 Å². The summed E-state index contributed by atoms with van der Waals surface area (Å²) in [5.74, 6) is -6.09. The molecule has 578 valence electrons. The molecule has 3 aliphatic rings. The van der Waals surface area contributed by atoms with E-state index in [0.29, 0.717) is 19.3 Å². The number of aliphatic hydroxyl groups excluding tert-OH is 11. The lowest BCUT2D eigenvalue weighted by atomic mass is 9.88. The fourth-order valence-electron chi connectivity index (χ4n) is 14.1. The van der Waals surface area contributed by atoms with E-state index >= 15 is 0 Å². The van der Waals surface area contributed by atoms with E-state index in [1.807, 2.05) is 0 Å². The summed E-state index contributed by atoms with van der Waals surface area (Å²) >= 11 is 0. The summed E-state index contributed by atoms with van der Waals surface area (Å²) in [5, 5.41) is 136. The lowest BCUT2D eigenvalue weighted by Crippen LogP contribution is -2.70. The van der Waals surface area contributed by atoms with E-state index in [2.05, 4.69) is 24.5 Å². The maximum Gasteiger partial charge on any atom is 0.364 e.